The minimum absolute atomic E-state index is 0.0922. The van der Waals surface area contributed by atoms with Crippen LogP contribution in [0.25, 0.3) is 11.0 Å². The lowest BCUT2D eigenvalue weighted by Gasteiger charge is -2.10. The van der Waals surface area contributed by atoms with Gasteiger partial charge in [-0.2, -0.15) is 0 Å². The predicted molar refractivity (Wildman–Crippen MR) is 107 cm³/mol. The van der Waals surface area contributed by atoms with Crippen LogP contribution in [0.1, 0.15) is 12.7 Å². The Balaban J connectivity index is 1.62. The molecule has 0 atom stereocenters. The molecule has 0 spiro atoms. The highest BCUT2D eigenvalue weighted by atomic mass is 35.5. The van der Waals surface area contributed by atoms with Crippen LogP contribution in [0.5, 0.6) is 0 Å². The van der Waals surface area contributed by atoms with Crippen molar-refractivity contribution in [3.63, 3.8) is 0 Å². The monoisotopic (exact) mass is 404 g/mol. The lowest BCUT2D eigenvalue weighted by molar-refractivity contribution is -0.124. The minimum Gasteiger partial charge on any atom is -0.345 e. The van der Waals surface area contributed by atoms with Crippen LogP contribution >= 0.6 is 23.2 Å². The van der Waals surface area contributed by atoms with Gasteiger partial charge in [0, 0.05) is 11.4 Å². The number of amides is 2. The third kappa shape index (κ3) is 4.59. The molecule has 2 N–H and O–H groups in total. The van der Waals surface area contributed by atoms with E-state index in [2.05, 4.69) is 15.6 Å². The van der Waals surface area contributed by atoms with Crippen LogP contribution in [-0.2, 0) is 22.6 Å². The van der Waals surface area contributed by atoms with E-state index in [9.17, 15) is 9.59 Å². The number of carbonyl (C=O) groups excluding carboxylic acids is 2. The second-order valence-corrected chi connectivity index (χ2v) is 6.75. The molecular weight excluding hydrogens is 387 g/mol. The summed E-state index contributed by atoms with van der Waals surface area (Å²) in [7, 11) is 0. The number of aryl methyl sites for hydroxylation is 1. The highest BCUT2D eigenvalue weighted by molar-refractivity contribution is 6.35. The average molecular weight is 405 g/mol. The van der Waals surface area contributed by atoms with Crippen molar-refractivity contribution >= 4 is 51.7 Å². The van der Waals surface area contributed by atoms with E-state index in [4.69, 9.17) is 23.2 Å². The van der Waals surface area contributed by atoms with Crippen LogP contribution in [0.2, 0.25) is 10.0 Å². The second kappa shape index (κ2) is 8.41. The Morgan fingerprint density at radius 3 is 2.67 bits per heavy atom. The van der Waals surface area contributed by atoms with Crippen molar-refractivity contribution in [2.45, 2.75) is 19.9 Å². The molecule has 0 aliphatic rings. The van der Waals surface area contributed by atoms with E-state index in [0.717, 1.165) is 16.9 Å². The molecule has 0 aliphatic heterocycles. The van der Waals surface area contributed by atoms with Gasteiger partial charge in [0.25, 0.3) is 0 Å². The molecule has 2 aromatic carbocycles. The molecule has 0 fully saturated rings. The molecule has 6 nitrogen and oxygen atoms in total. The third-order valence-electron chi connectivity index (χ3n) is 4.00. The zero-order valence-electron chi connectivity index (χ0n) is 14.6. The number of nitrogens with one attached hydrogen (secondary N) is 2. The van der Waals surface area contributed by atoms with Gasteiger partial charge in [-0.05, 0) is 30.3 Å². The normalized spacial score (nSPS) is 10.8. The lowest BCUT2D eigenvalue weighted by Crippen LogP contribution is -2.35. The number of nitrogens with zero attached hydrogens (tertiary/aromatic N) is 2. The number of aromatic nitrogens is 2. The minimum atomic E-state index is -0.390. The summed E-state index contributed by atoms with van der Waals surface area (Å²) < 4.78 is 1.86. The van der Waals surface area contributed by atoms with Crippen LogP contribution in [0.15, 0.2) is 42.5 Å². The molecule has 0 aliphatic carbocycles. The Morgan fingerprint density at radius 2 is 1.89 bits per heavy atom. The van der Waals surface area contributed by atoms with E-state index in [0.29, 0.717) is 22.2 Å². The first-order chi connectivity index (χ1) is 13.0. The van der Waals surface area contributed by atoms with Crippen molar-refractivity contribution in [1.82, 2.24) is 14.9 Å². The van der Waals surface area contributed by atoms with E-state index < -0.39 is 5.91 Å². The number of fused-ring (bicyclic) bond motifs is 1. The molecule has 2 amide bonds. The fraction of sp³-hybridized carbons (Fsp3) is 0.211. The number of imidazole rings is 1. The van der Waals surface area contributed by atoms with Gasteiger partial charge in [-0.25, -0.2) is 4.98 Å². The highest BCUT2D eigenvalue weighted by Gasteiger charge is 2.13. The predicted octanol–water partition coefficient (Wildman–Crippen LogP) is 3.66. The Kier molecular flexibility index (Phi) is 5.98. The number of hydrogen-bond acceptors (Lipinski definition) is 3. The molecule has 8 heteroatoms. The Morgan fingerprint density at radius 1 is 1.11 bits per heavy atom. The lowest BCUT2D eigenvalue weighted by atomic mass is 10.3. The van der Waals surface area contributed by atoms with Crippen LogP contribution in [0.3, 0.4) is 0 Å². The molecule has 0 unspecified atom stereocenters. The van der Waals surface area contributed by atoms with Gasteiger partial charge in [-0.1, -0.05) is 42.3 Å². The first kappa shape index (κ1) is 19.2. The van der Waals surface area contributed by atoms with Crippen LogP contribution in [0, 0.1) is 0 Å². The Labute approximate surface area is 166 Å². The Bertz CT molecular complexity index is 1000. The van der Waals surface area contributed by atoms with Gasteiger partial charge in [-0.15, -0.1) is 0 Å². The first-order valence-corrected chi connectivity index (χ1v) is 9.19. The molecule has 140 valence electrons. The number of hydrogen-bond donors (Lipinski definition) is 2. The van der Waals surface area contributed by atoms with Gasteiger partial charge in [0.2, 0.25) is 11.8 Å². The van der Waals surface area contributed by atoms with Crippen LogP contribution < -0.4 is 10.6 Å². The van der Waals surface area contributed by atoms with Gasteiger partial charge in [0.1, 0.15) is 12.4 Å². The largest absolute Gasteiger partial charge is 0.345 e. The molecular formula is C19H18Cl2N4O2. The van der Waals surface area contributed by atoms with Gasteiger partial charge in [0.15, 0.2) is 0 Å². The molecule has 1 aromatic heterocycles. The average Bonchev–Trinajstić information content (AvgIpc) is 3.01. The van der Waals surface area contributed by atoms with Crippen molar-refractivity contribution in [2.75, 3.05) is 11.9 Å². The standard InChI is InChI=1S/C19H18Cl2N4O2/c1-2-17-23-14-5-3-4-6-16(14)25(17)11-19(27)22-10-18(26)24-15-9-12(20)7-8-13(15)21/h3-9H,2,10-11H2,1H3,(H,22,27)(H,24,26). The molecule has 3 aromatic rings. The number of anilines is 1. The first-order valence-electron chi connectivity index (χ1n) is 8.43. The van der Waals surface area contributed by atoms with Crippen molar-refractivity contribution in [2.24, 2.45) is 0 Å². The Hall–Kier alpha value is -2.57. The van der Waals surface area contributed by atoms with Crippen LogP contribution in [-0.4, -0.2) is 27.9 Å². The van der Waals surface area contributed by atoms with Crippen LogP contribution in [0.4, 0.5) is 5.69 Å². The fourth-order valence-electron chi connectivity index (χ4n) is 2.74. The second-order valence-electron chi connectivity index (χ2n) is 5.91. The molecule has 3 rings (SSSR count). The SMILES string of the molecule is CCc1nc2ccccc2n1CC(=O)NCC(=O)Nc1cc(Cl)ccc1Cl. The molecule has 0 saturated heterocycles. The van der Waals surface area contributed by atoms with E-state index in [1.807, 2.05) is 35.8 Å². The zero-order valence-corrected chi connectivity index (χ0v) is 16.1. The quantitative estimate of drug-likeness (QED) is 0.657. The van der Waals surface area contributed by atoms with Gasteiger partial charge in [-0.3, -0.25) is 9.59 Å². The van der Waals surface area contributed by atoms with Crippen molar-refractivity contribution in [3.8, 4) is 0 Å². The summed E-state index contributed by atoms with van der Waals surface area (Å²) in [5.41, 5.74) is 2.13. The summed E-state index contributed by atoms with van der Waals surface area (Å²) in [6, 6.07) is 12.4. The van der Waals surface area contributed by atoms with Gasteiger partial charge >= 0.3 is 0 Å². The number of rotatable bonds is 6. The molecule has 0 radical (unpaired) electrons. The topological polar surface area (TPSA) is 76.0 Å². The number of para-hydroxylation sites is 2. The summed E-state index contributed by atoms with van der Waals surface area (Å²) in [5, 5.41) is 6.07. The van der Waals surface area contributed by atoms with Gasteiger partial charge < -0.3 is 15.2 Å². The number of halogens is 2. The number of benzene rings is 2. The maximum atomic E-state index is 12.3. The molecule has 0 bridgehead atoms. The van der Waals surface area contributed by atoms with E-state index in [1.165, 1.54) is 0 Å². The summed E-state index contributed by atoms with van der Waals surface area (Å²) in [4.78, 5) is 28.9. The summed E-state index contributed by atoms with van der Waals surface area (Å²) in [5.74, 6) is 0.153. The van der Waals surface area contributed by atoms with E-state index in [1.54, 1.807) is 18.2 Å². The van der Waals surface area contributed by atoms with Crippen molar-refractivity contribution in [3.05, 3.63) is 58.3 Å². The number of carbonyl (C=O) groups is 2. The fourth-order valence-corrected chi connectivity index (χ4v) is 3.07. The summed E-state index contributed by atoms with van der Waals surface area (Å²) in [6.07, 6.45) is 0.704. The highest BCUT2D eigenvalue weighted by Crippen LogP contribution is 2.25. The summed E-state index contributed by atoms with van der Waals surface area (Å²) >= 11 is 11.9. The maximum absolute atomic E-state index is 12.3. The van der Waals surface area contributed by atoms with Crippen molar-refractivity contribution < 1.29 is 9.59 Å². The van der Waals surface area contributed by atoms with Crippen molar-refractivity contribution in [1.29, 1.82) is 0 Å². The van der Waals surface area contributed by atoms with E-state index in [-0.39, 0.29) is 19.0 Å². The molecule has 27 heavy (non-hydrogen) atoms. The summed E-state index contributed by atoms with van der Waals surface area (Å²) in [6.45, 7) is 1.91. The molecule has 1 heterocycles. The zero-order chi connectivity index (χ0) is 19.4. The maximum Gasteiger partial charge on any atom is 0.243 e. The molecule has 0 saturated carbocycles. The smallest absolute Gasteiger partial charge is 0.243 e. The van der Waals surface area contributed by atoms with Gasteiger partial charge in [0.05, 0.1) is 28.3 Å². The van der Waals surface area contributed by atoms with E-state index >= 15 is 0 Å². The third-order valence-corrected chi connectivity index (χ3v) is 4.56.